The monoisotopic (exact) mass is 591 g/mol. The summed E-state index contributed by atoms with van der Waals surface area (Å²) in [5.41, 5.74) is 2.58. The summed E-state index contributed by atoms with van der Waals surface area (Å²) < 4.78 is 70.9. The van der Waals surface area contributed by atoms with Crippen LogP contribution in [0.1, 0.15) is 44.9 Å². The van der Waals surface area contributed by atoms with Crippen molar-refractivity contribution in [2.75, 3.05) is 47.3 Å². The van der Waals surface area contributed by atoms with Gasteiger partial charge in [-0.1, -0.05) is 5.21 Å². The number of hydrogen-bond donors (Lipinski definition) is 2. The maximum atomic E-state index is 14.6. The van der Waals surface area contributed by atoms with Crippen molar-refractivity contribution < 1.29 is 26.7 Å². The lowest BCUT2D eigenvalue weighted by molar-refractivity contribution is -0.0222. The zero-order valence-corrected chi connectivity index (χ0v) is 23.3. The lowest BCUT2D eigenvalue weighted by atomic mass is 10.1. The van der Waals surface area contributed by atoms with E-state index in [4.69, 9.17) is 0 Å². The summed E-state index contributed by atoms with van der Waals surface area (Å²) in [5.74, 6) is -3.34. The number of halogens is 3. The van der Waals surface area contributed by atoms with Crippen molar-refractivity contribution in [2.24, 2.45) is 0 Å². The third-order valence-corrected chi connectivity index (χ3v) is 10.4. The molecule has 2 N–H and O–H groups in total. The number of aromatic nitrogens is 4. The molecule has 6 rings (SSSR count). The van der Waals surface area contributed by atoms with Gasteiger partial charge in [0.15, 0.2) is 11.6 Å². The van der Waals surface area contributed by atoms with Crippen LogP contribution in [0.2, 0.25) is 0 Å². The van der Waals surface area contributed by atoms with E-state index in [1.165, 1.54) is 17.0 Å². The molecule has 3 aliphatic rings. The topological polar surface area (TPSA) is 116 Å². The fourth-order valence-electron chi connectivity index (χ4n) is 5.42. The molecule has 0 spiro atoms. The van der Waals surface area contributed by atoms with E-state index in [1.807, 2.05) is 0 Å². The highest BCUT2D eigenvalue weighted by atomic mass is 32.2. The molecular formula is C27H32F3N7O3S. The number of aliphatic hydroxyl groups is 1. The van der Waals surface area contributed by atoms with Crippen LogP contribution in [-0.4, -0.2) is 77.0 Å². The van der Waals surface area contributed by atoms with Crippen LogP contribution in [0.4, 0.5) is 30.4 Å². The Balaban J connectivity index is 1.30. The van der Waals surface area contributed by atoms with Crippen LogP contribution in [0.25, 0.3) is 17.1 Å². The van der Waals surface area contributed by atoms with Crippen LogP contribution in [0.3, 0.4) is 0 Å². The van der Waals surface area contributed by atoms with Gasteiger partial charge in [-0.25, -0.2) is 31.3 Å². The van der Waals surface area contributed by atoms with E-state index in [0.717, 1.165) is 38.0 Å². The number of benzene rings is 1. The molecule has 14 heteroatoms. The summed E-state index contributed by atoms with van der Waals surface area (Å²) in [6.45, 7) is 1.17. The molecule has 2 aromatic heterocycles. The highest BCUT2D eigenvalue weighted by Crippen LogP contribution is 2.44. The second-order valence-corrected chi connectivity index (χ2v) is 13.2. The smallest absolute Gasteiger partial charge is 0.251 e. The summed E-state index contributed by atoms with van der Waals surface area (Å²) in [7, 11) is -3.77. The molecule has 220 valence electrons. The molecule has 0 radical (unpaired) electrons. The van der Waals surface area contributed by atoms with Gasteiger partial charge in [-0.05, 0) is 62.4 Å². The molecule has 1 aromatic carbocycles. The van der Waals surface area contributed by atoms with Gasteiger partial charge < -0.3 is 14.9 Å². The number of aliphatic hydroxyl groups excluding tert-OH is 1. The average Bonchev–Trinajstić information content (AvgIpc) is 3.64. The summed E-state index contributed by atoms with van der Waals surface area (Å²) >= 11 is 0. The quantitative estimate of drug-likeness (QED) is 0.405. The van der Waals surface area contributed by atoms with Crippen LogP contribution >= 0.6 is 0 Å². The number of piperidine rings is 2. The summed E-state index contributed by atoms with van der Waals surface area (Å²) in [5, 5.41) is 18.2. The van der Waals surface area contributed by atoms with Crippen LogP contribution in [0.15, 0.2) is 36.5 Å². The van der Waals surface area contributed by atoms with Gasteiger partial charge in [0.1, 0.15) is 10.4 Å². The van der Waals surface area contributed by atoms with Gasteiger partial charge in [-0.3, -0.25) is 4.72 Å². The predicted molar refractivity (Wildman–Crippen MR) is 149 cm³/mol. The maximum absolute atomic E-state index is 14.6. The van der Waals surface area contributed by atoms with Gasteiger partial charge in [0, 0.05) is 39.0 Å². The SMILES string of the molecule is O=S(=O)(Nc1ccc(-n2cc(-c3ccc(F)c(N4CCC(F)(F)CC4)n3)nn2)c(N2CCCCC2)c1)C1(CO)CC1. The largest absolute Gasteiger partial charge is 0.395 e. The maximum Gasteiger partial charge on any atom is 0.251 e. The summed E-state index contributed by atoms with van der Waals surface area (Å²) in [6, 6.07) is 7.91. The third kappa shape index (κ3) is 5.46. The molecule has 1 aliphatic carbocycles. The highest BCUT2D eigenvalue weighted by molar-refractivity contribution is 7.94. The first kappa shape index (κ1) is 27.8. The molecule has 2 saturated heterocycles. The normalized spacial score (nSPS) is 20.2. The van der Waals surface area contributed by atoms with Crippen molar-refractivity contribution in [2.45, 2.75) is 55.6 Å². The summed E-state index contributed by atoms with van der Waals surface area (Å²) in [6.07, 6.45) is 4.88. The first-order chi connectivity index (χ1) is 19.6. The van der Waals surface area contributed by atoms with Crippen molar-refractivity contribution in [1.82, 2.24) is 20.0 Å². The molecule has 4 heterocycles. The Hall–Kier alpha value is -3.39. The van der Waals surface area contributed by atoms with Crippen molar-refractivity contribution in [3.63, 3.8) is 0 Å². The van der Waals surface area contributed by atoms with Crippen LogP contribution in [0.5, 0.6) is 0 Å². The molecule has 41 heavy (non-hydrogen) atoms. The molecule has 0 bridgehead atoms. The minimum Gasteiger partial charge on any atom is -0.395 e. The Morgan fingerprint density at radius 1 is 0.902 bits per heavy atom. The molecule has 2 aliphatic heterocycles. The van der Waals surface area contributed by atoms with Gasteiger partial charge in [0.05, 0.1) is 35.6 Å². The number of pyridine rings is 1. The Morgan fingerprint density at radius 2 is 1.63 bits per heavy atom. The van der Waals surface area contributed by atoms with E-state index in [9.17, 15) is 26.7 Å². The molecular weight excluding hydrogens is 559 g/mol. The standard InChI is InChI=1S/C27H32F3N7O3S/c28-20-5-6-21(31-25(20)36-14-10-27(29,30)11-15-36)22-17-37(34-32-22)23-7-4-19(16-24(23)35-12-2-1-3-13-35)33-41(39,40)26(18-38)8-9-26/h4-7,16-17,33,38H,1-3,8-15,18H2. The van der Waals surface area contributed by atoms with Crippen molar-refractivity contribution in [1.29, 1.82) is 0 Å². The molecule has 10 nitrogen and oxygen atoms in total. The van der Waals surface area contributed by atoms with E-state index in [0.29, 0.717) is 35.6 Å². The zero-order chi connectivity index (χ0) is 28.8. The average molecular weight is 592 g/mol. The molecule has 0 unspecified atom stereocenters. The number of alkyl halides is 2. The molecule has 0 amide bonds. The predicted octanol–water partition coefficient (Wildman–Crippen LogP) is 3.96. The van der Waals surface area contributed by atoms with Crippen molar-refractivity contribution in [3.8, 4) is 17.1 Å². The fourth-order valence-corrected chi connectivity index (χ4v) is 6.89. The van der Waals surface area contributed by atoms with E-state index < -0.39 is 33.1 Å². The van der Waals surface area contributed by atoms with Crippen molar-refractivity contribution in [3.05, 3.63) is 42.3 Å². The van der Waals surface area contributed by atoms with Crippen LogP contribution in [-0.2, 0) is 10.0 Å². The number of rotatable bonds is 8. The van der Waals surface area contributed by atoms with Gasteiger partial charge >= 0.3 is 0 Å². The van der Waals surface area contributed by atoms with Gasteiger partial charge in [0.25, 0.3) is 5.92 Å². The van der Waals surface area contributed by atoms with Gasteiger partial charge in [-0.15, -0.1) is 5.10 Å². The van der Waals surface area contributed by atoms with Crippen LogP contribution in [0, 0.1) is 5.82 Å². The number of sulfonamides is 1. The molecule has 1 saturated carbocycles. The van der Waals surface area contributed by atoms with E-state index >= 15 is 0 Å². The Kier molecular flexibility index (Phi) is 7.09. The van der Waals surface area contributed by atoms with E-state index in [2.05, 4.69) is 24.9 Å². The first-order valence-electron chi connectivity index (χ1n) is 13.8. The molecule has 3 aromatic rings. The van der Waals surface area contributed by atoms with E-state index in [-0.39, 0.29) is 31.7 Å². The second-order valence-electron chi connectivity index (χ2n) is 11.1. The van der Waals surface area contributed by atoms with Crippen molar-refractivity contribution >= 4 is 27.2 Å². The zero-order valence-electron chi connectivity index (χ0n) is 22.4. The molecule has 3 fully saturated rings. The van der Waals surface area contributed by atoms with Gasteiger partial charge in [-0.2, -0.15) is 0 Å². The lowest BCUT2D eigenvalue weighted by Crippen LogP contribution is -2.40. The fraction of sp³-hybridized carbons (Fsp3) is 0.519. The Bertz CT molecular complexity index is 1530. The Morgan fingerprint density at radius 3 is 2.32 bits per heavy atom. The first-order valence-corrected chi connectivity index (χ1v) is 15.3. The van der Waals surface area contributed by atoms with Crippen LogP contribution < -0.4 is 14.5 Å². The second kappa shape index (κ2) is 10.5. The summed E-state index contributed by atoms with van der Waals surface area (Å²) in [4.78, 5) is 8.11. The Labute approximate surface area is 236 Å². The lowest BCUT2D eigenvalue weighted by Gasteiger charge is -2.32. The number of anilines is 3. The number of nitrogens with zero attached hydrogens (tertiary/aromatic N) is 6. The minimum atomic E-state index is -3.77. The van der Waals surface area contributed by atoms with Gasteiger partial charge in [0.2, 0.25) is 10.0 Å². The number of nitrogens with one attached hydrogen (secondary N) is 1. The third-order valence-electron chi connectivity index (χ3n) is 8.21. The number of hydrogen-bond acceptors (Lipinski definition) is 8. The van der Waals surface area contributed by atoms with E-state index in [1.54, 1.807) is 29.1 Å². The minimum absolute atomic E-state index is 0.00177. The molecule has 0 atom stereocenters. The highest BCUT2D eigenvalue weighted by Gasteiger charge is 2.54.